The number of methoxy groups -OCH3 is 1. The zero-order valence-electron chi connectivity index (χ0n) is 12.6. The number of hydrogen-bond acceptors (Lipinski definition) is 3. The molecule has 0 radical (unpaired) electrons. The molecule has 0 aliphatic rings. The first kappa shape index (κ1) is 16.5. The number of halogens is 1. The predicted octanol–water partition coefficient (Wildman–Crippen LogP) is 1.77. The van der Waals surface area contributed by atoms with Gasteiger partial charge >= 0.3 is 11.8 Å². The Morgan fingerprint density at radius 2 is 1.57 bits per heavy atom. The molecule has 0 aliphatic carbocycles. The van der Waals surface area contributed by atoms with Gasteiger partial charge in [0, 0.05) is 18.7 Å². The van der Waals surface area contributed by atoms with Crippen molar-refractivity contribution < 1.29 is 18.7 Å². The molecule has 6 heteroatoms. The highest BCUT2D eigenvalue weighted by atomic mass is 19.1. The lowest BCUT2D eigenvalue weighted by atomic mass is 10.2. The molecule has 0 spiro atoms. The molecule has 2 rings (SSSR count). The Morgan fingerprint density at radius 1 is 0.957 bits per heavy atom. The fourth-order valence-electron chi connectivity index (χ4n) is 1.97. The molecule has 0 atom stereocenters. The van der Waals surface area contributed by atoms with Crippen LogP contribution in [0.15, 0.2) is 48.5 Å². The van der Waals surface area contributed by atoms with E-state index < -0.39 is 11.8 Å². The molecule has 0 aromatic heterocycles. The van der Waals surface area contributed by atoms with E-state index in [1.807, 2.05) is 12.1 Å². The molecule has 0 heterocycles. The van der Waals surface area contributed by atoms with Crippen LogP contribution in [0.5, 0.6) is 5.75 Å². The van der Waals surface area contributed by atoms with E-state index in [-0.39, 0.29) is 18.9 Å². The molecular weight excluding hydrogens is 299 g/mol. The molecule has 2 amide bonds. The first-order valence-corrected chi connectivity index (χ1v) is 7.02. The van der Waals surface area contributed by atoms with Gasteiger partial charge in [-0.05, 0) is 23.8 Å². The molecule has 0 bridgehead atoms. The Bertz CT molecular complexity index is 686. The molecule has 23 heavy (non-hydrogen) atoms. The summed E-state index contributed by atoms with van der Waals surface area (Å²) in [5, 5.41) is 5.01. The zero-order valence-corrected chi connectivity index (χ0v) is 12.6. The average molecular weight is 316 g/mol. The lowest BCUT2D eigenvalue weighted by molar-refractivity contribution is -0.139. The molecule has 5 nitrogen and oxygen atoms in total. The van der Waals surface area contributed by atoms with Gasteiger partial charge in [-0.3, -0.25) is 9.59 Å². The van der Waals surface area contributed by atoms with Crippen LogP contribution in [-0.2, 0) is 22.7 Å². The fraction of sp³-hybridized carbons (Fsp3) is 0.176. The van der Waals surface area contributed by atoms with Crippen LogP contribution in [0.3, 0.4) is 0 Å². The maximum Gasteiger partial charge on any atom is 0.309 e. The molecule has 2 aromatic rings. The van der Waals surface area contributed by atoms with Crippen LogP contribution in [0.25, 0.3) is 0 Å². The normalized spacial score (nSPS) is 10.0. The molecule has 0 saturated carbocycles. The minimum Gasteiger partial charge on any atom is -0.496 e. The van der Waals surface area contributed by atoms with Gasteiger partial charge in [0.05, 0.1) is 7.11 Å². The van der Waals surface area contributed by atoms with Gasteiger partial charge in [0.25, 0.3) is 0 Å². The second-order valence-corrected chi connectivity index (χ2v) is 4.80. The number of para-hydroxylation sites is 1. The maximum atomic E-state index is 12.8. The summed E-state index contributed by atoms with van der Waals surface area (Å²) in [4.78, 5) is 23.5. The highest BCUT2D eigenvalue weighted by Crippen LogP contribution is 2.16. The summed E-state index contributed by atoms with van der Waals surface area (Å²) in [6.07, 6.45) is 0. The Morgan fingerprint density at radius 3 is 2.22 bits per heavy atom. The molecular formula is C17H17FN2O3. The van der Waals surface area contributed by atoms with Crippen molar-refractivity contribution in [3.63, 3.8) is 0 Å². The van der Waals surface area contributed by atoms with Gasteiger partial charge in [-0.15, -0.1) is 0 Å². The smallest absolute Gasteiger partial charge is 0.309 e. The van der Waals surface area contributed by atoms with Gasteiger partial charge < -0.3 is 15.4 Å². The summed E-state index contributed by atoms with van der Waals surface area (Å²) in [5.74, 6) is -1.20. The lowest BCUT2D eigenvalue weighted by Crippen LogP contribution is -2.39. The molecule has 0 unspecified atom stereocenters. The first-order valence-electron chi connectivity index (χ1n) is 7.02. The lowest BCUT2D eigenvalue weighted by Gasteiger charge is -2.09. The maximum absolute atomic E-state index is 12.8. The zero-order chi connectivity index (χ0) is 16.7. The van der Waals surface area contributed by atoms with E-state index in [1.54, 1.807) is 24.3 Å². The van der Waals surface area contributed by atoms with Crippen molar-refractivity contribution in [2.45, 2.75) is 13.1 Å². The van der Waals surface area contributed by atoms with E-state index >= 15 is 0 Å². The van der Waals surface area contributed by atoms with E-state index in [9.17, 15) is 14.0 Å². The monoisotopic (exact) mass is 316 g/mol. The number of nitrogens with one attached hydrogen (secondary N) is 2. The predicted molar refractivity (Wildman–Crippen MR) is 83.1 cm³/mol. The topological polar surface area (TPSA) is 67.4 Å². The van der Waals surface area contributed by atoms with E-state index in [0.717, 1.165) is 5.56 Å². The van der Waals surface area contributed by atoms with Crippen molar-refractivity contribution in [3.8, 4) is 5.75 Å². The van der Waals surface area contributed by atoms with Crippen LogP contribution < -0.4 is 15.4 Å². The van der Waals surface area contributed by atoms with Crippen LogP contribution in [-0.4, -0.2) is 18.9 Å². The Hall–Kier alpha value is -2.89. The Balaban J connectivity index is 1.83. The van der Waals surface area contributed by atoms with Crippen molar-refractivity contribution in [1.29, 1.82) is 0 Å². The molecule has 0 saturated heterocycles. The summed E-state index contributed by atoms with van der Waals surface area (Å²) < 4.78 is 17.9. The van der Waals surface area contributed by atoms with Gasteiger partial charge in [0.15, 0.2) is 0 Å². The van der Waals surface area contributed by atoms with Crippen LogP contribution in [0.4, 0.5) is 4.39 Å². The highest BCUT2D eigenvalue weighted by Gasteiger charge is 2.13. The summed E-state index contributed by atoms with van der Waals surface area (Å²) in [6, 6.07) is 12.9. The molecule has 0 fully saturated rings. The highest BCUT2D eigenvalue weighted by molar-refractivity contribution is 6.35. The number of hydrogen-bond donors (Lipinski definition) is 2. The fourth-order valence-corrected chi connectivity index (χ4v) is 1.97. The number of benzene rings is 2. The minimum absolute atomic E-state index is 0.154. The Kier molecular flexibility index (Phi) is 5.68. The van der Waals surface area contributed by atoms with Crippen molar-refractivity contribution >= 4 is 11.8 Å². The number of ether oxygens (including phenoxy) is 1. The van der Waals surface area contributed by atoms with E-state index in [4.69, 9.17) is 4.74 Å². The quantitative estimate of drug-likeness (QED) is 0.826. The molecule has 2 aromatic carbocycles. The van der Waals surface area contributed by atoms with Crippen molar-refractivity contribution in [3.05, 3.63) is 65.5 Å². The van der Waals surface area contributed by atoms with Crippen molar-refractivity contribution in [2.75, 3.05) is 7.11 Å². The van der Waals surface area contributed by atoms with Crippen LogP contribution in [0.1, 0.15) is 11.1 Å². The second-order valence-electron chi connectivity index (χ2n) is 4.80. The van der Waals surface area contributed by atoms with Gasteiger partial charge in [-0.25, -0.2) is 4.39 Å². The number of carbonyl (C=O) groups excluding carboxylic acids is 2. The third kappa shape index (κ3) is 4.81. The number of carbonyl (C=O) groups is 2. The van der Waals surface area contributed by atoms with Gasteiger partial charge in [0.1, 0.15) is 11.6 Å². The van der Waals surface area contributed by atoms with Crippen LogP contribution in [0.2, 0.25) is 0 Å². The third-order valence-corrected chi connectivity index (χ3v) is 3.20. The number of rotatable bonds is 5. The van der Waals surface area contributed by atoms with Crippen molar-refractivity contribution in [2.24, 2.45) is 0 Å². The van der Waals surface area contributed by atoms with Crippen LogP contribution >= 0.6 is 0 Å². The molecule has 120 valence electrons. The van der Waals surface area contributed by atoms with Crippen molar-refractivity contribution in [1.82, 2.24) is 10.6 Å². The minimum atomic E-state index is -0.746. The first-order chi connectivity index (χ1) is 11.1. The molecule has 2 N–H and O–H groups in total. The van der Waals surface area contributed by atoms with Gasteiger partial charge in [-0.1, -0.05) is 30.3 Å². The van der Waals surface area contributed by atoms with E-state index in [1.165, 1.54) is 19.2 Å². The van der Waals surface area contributed by atoms with E-state index in [0.29, 0.717) is 11.3 Å². The second kappa shape index (κ2) is 7.93. The summed E-state index contributed by atoms with van der Waals surface area (Å²) in [5.41, 5.74) is 1.48. The SMILES string of the molecule is COc1ccccc1CNC(=O)C(=O)NCc1ccc(F)cc1. The van der Waals surface area contributed by atoms with Crippen LogP contribution in [0, 0.1) is 5.82 Å². The summed E-state index contributed by atoms with van der Waals surface area (Å²) >= 11 is 0. The molecule has 0 aliphatic heterocycles. The largest absolute Gasteiger partial charge is 0.496 e. The third-order valence-electron chi connectivity index (χ3n) is 3.20. The van der Waals surface area contributed by atoms with Gasteiger partial charge in [-0.2, -0.15) is 0 Å². The summed E-state index contributed by atoms with van der Waals surface area (Å²) in [6.45, 7) is 0.341. The standard InChI is InChI=1S/C17H17FN2O3/c1-23-15-5-3-2-4-13(15)11-20-17(22)16(21)19-10-12-6-8-14(18)9-7-12/h2-9H,10-11H2,1H3,(H,19,21)(H,20,22). The number of amides is 2. The Labute approximate surface area is 133 Å². The van der Waals surface area contributed by atoms with Gasteiger partial charge in [0.2, 0.25) is 0 Å². The average Bonchev–Trinajstić information content (AvgIpc) is 2.59. The van der Waals surface area contributed by atoms with E-state index in [2.05, 4.69) is 10.6 Å². The summed E-state index contributed by atoms with van der Waals surface area (Å²) in [7, 11) is 1.54.